The zero-order valence-corrected chi connectivity index (χ0v) is 15.2. The van der Waals surface area contributed by atoms with Crippen molar-refractivity contribution in [1.82, 2.24) is 0 Å². The van der Waals surface area contributed by atoms with Gasteiger partial charge in [0.2, 0.25) is 0 Å². The zero-order valence-electron chi connectivity index (χ0n) is 14.2. The van der Waals surface area contributed by atoms with E-state index >= 15 is 0 Å². The Morgan fingerprint density at radius 1 is 0.667 bits per heavy atom. The summed E-state index contributed by atoms with van der Waals surface area (Å²) in [6.07, 6.45) is 15.1. The summed E-state index contributed by atoms with van der Waals surface area (Å²) in [5, 5.41) is 1.74. The molecule has 0 saturated heterocycles. The molecule has 0 spiro atoms. The SMILES string of the molecule is F[B-](F)(F)F.c1ccc([PH+](C2CCCCC2)C2CCCCC2)cc1. The molecule has 0 bridgehead atoms. The molecule has 2 aliphatic carbocycles. The molecule has 1 aromatic carbocycles. The molecule has 0 unspecified atom stereocenters. The van der Waals surface area contributed by atoms with Crippen LogP contribution in [0.25, 0.3) is 0 Å². The number of rotatable bonds is 3. The van der Waals surface area contributed by atoms with Crippen molar-refractivity contribution in [2.75, 3.05) is 0 Å². The van der Waals surface area contributed by atoms with E-state index in [-0.39, 0.29) is 7.92 Å². The molecule has 0 aliphatic heterocycles. The van der Waals surface area contributed by atoms with Gasteiger partial charge in [-0.25, -0.2) is 0 Å². The van der Waals surface area contributed by atoms with Crippen LogP contribution in [-0.2, 0) is 0 Å². The first-order valence-corrected chi connectivity index (χ1v) is 10.9. The molecule has 2 fully saturated rings. The highest BCUT2D eigenvalue weighted by atomic mass is 31.1. The number of halogens is 4. The predicted octanol–water partition coefficient (Wildman–Crippen LogP) is 6.49. The minimum Gasteiger partial charge on any atom is -0.418 e. The Balaban J connectivity index is 0.000000368. The van der Waals surface area contributed by atoms with Gasteiger partial charge < -0.3 is 17.3 Å². The number of hydrogen-bond donors (Lipinski definition) is 0. The maximum Gasteiger partial charge on any atom is 0.673 e. The molecule has 2 aliphatic rings. The van der Waals surface area contributed by atoms with Crippen molar-refractivity contribution >= 4 is 20.5 Å². The maximum atomic E-state index is 9.75. The van der Waals surface area contributed by atoms with Gasteiger partial charge in [-0.3, -0.25) is 0 Å². The van der Waals surface area contributed by atoms with E-state index in [4.69, 9.17) is 0 Å². The fourth-order valence-corrected chi connectivity index (χ4v) is 8.51. The molecule has 0 N–H and O–H groups in total. The summed E-state index contributed by atoms with van der Waals surface area (Å²) < 4.78 is 39.0. The Morgan fingerprint density at radius 3 is 1.42 bits per heavy atom. The monoisotopic (exact) mass is 362 g/mol. The van der Waals surface area contributed by atoms with E-state index in [1.165, 1.54) is 64.2 Å². The van der Waals surface area contributed by atoms with Crippen molar-refractivity contribution in [3.8, 4) is 0 Å². The van der Waals surface area contributed by atoms with E-state index in [9.17, 15) is 17.3 Å². The fraction of sp³-hybridized carbons (Fsp3) is 0.667. The van der Waals surface area contributed by atoms with Crippen molar-refractivity contribution in [2.45, 2.75) is 75.5 Å². The average Bonchev–Trinajstić information content (AvgIpc) is 2.57. The molecule has 0 aromatic heterocycles. The molecule has 0 amide bonds. The smallest absolute Gasteiger partial charge is 0.418 e. The molecule has 0 atom stereocenters. The van der Waals surface area contributed by atoms with E-state index in [1.807, 2.05) is 0 Å². The van der Waals surface area contributed by atoms with Crippen molar-refractivity contribution in [3.63, 3.8) is 0 Å². The van der Waals surface area contributed by atoms with Crippen LogP contribution in [0, 0.1) is 0 Å². The molecule has 0 heterocycles. The highest BCUT2D eigenvalue weighted by Gasteiger charge is 2.38. The van der Waals surface area contributed by atoms with E-state index in [0.717, 1.165) is 11.3 Å². The fourth-order valence-electron chi connectivity index (χ4n) is 4.26. The second-order valence-corrected chi connectivity index (χ2v) is 10.1. The zero-order chi connectivity index (χ0) is 17.4. The van der Waals surface area contributed by atoms with Crippen LogP contribution >= 0.6 is 7.92 Å². The highest BCUT2D eigenvalue weighted by Crippen LogP contribution is 2.54. The van der Waals surface area contributed by atoms with E-state index in [2.05, 4.69) is 30.3 Å². The topological polar surface area (TPSA) is 0 Å². The molecular weight excluding hydrogens is 334 g/mol. The third-order valence-corrected chi connectivity index (χ3v) is 9.11. The Labute approximate surface area is 144 Å². The molecule has 0 radical (unpaired) electrons. The van der Waals surface area contributed by atoms with Gasteiger partial charge in [0.05, 0.1) is 16.6 Å². The van der Waals surface area contributed by atoms with Crippen LogP contribution < -0.4 is 5.30 Å². The Bertz CT molecular complexity index is 430. The van der Waals surface area contributed by atoms with Crippen molar-refractivity contribution in [2.24, 2.45) is 0 Å². The lowest BCUT2D eigenvalue weighted by molar-refractivity contribution is 0.368. The maximum absolute atomic E-state index is 9.75. The molecule has 0 nitrogen and oxygen atoms in total. The van der Waals surface area contributed by atoms with Gasteiger partial charge in [-0.2, -0.15) is 0 Å². The lowest BCUT2D eigenvalue weighted by Crippen LogP contribution is -2.26. The molecule has 1 aromatic rings. The predicted molar refractivity (Wildman–Crippen MR) is 98.3 cm³/mol. The Hall–Kier alpha value is -0.565. The first kappa shape index (κ1) is 19.8. The first-order valence-electron chi connectivity index (χ1n) is 9.24. The second kappa shape index (κ2) is 9.80. The Morgan fingerprint density at radius 2 is 1.04 bits per heavy atom. The summed E-state index contributed by atoms with van der Waals surface area (Å²) in [5.41, 5.74) is 2.15. The normalized spacial score (nSPS) is 20.5. The third kappa shape index (κ3) is 7.13. The summed E-state index contributed by atoms with van der Waals surface area (Å²) >= 11 is 0. The summed E-state index contributed by atoms with van der Waals surface area (Å²) in [4.78, 5) is 0. The van der Waals surface area contributed by atoms with Crippen molar-refractivity contribution in [1.29, 1.82) is 0 Å². The van der Waals surface area contributed by atoms with Crippen molar-refractivity contribution in [3.05, 3.63) is 30.3 Å². The summed E-state index contributed by atoms with van der Waals surface area (Å²) in [6.45, 7) is 0. The van der Waals surface area contributed by atoms with E-state index in [1.54, 1.807) is 5.30 Å². The van der Waals surface area contributed by atoms with Crippen LogP contribution in [-0.4, -0.2) is 18.6 Å². The van der Waals surface area contributed by atoms with Gasteiger partial charge in [0.15, 0.2) is 0 Å². The standard InChI is InChI=1S/C18H27P.BF4/c1-4-10-16(11-5-1)19(17-12-6-2-7-13-17)18-14-8-3-9-15-18;2-1(3,4)5/h1,4-5,10-11,17-18H,2-3,6-9,12-15H2;/q;-1/p+1. The Kier molecular flexibility index (Phi) is 8.07. The lowest BCUT2D eigenvalue weighted by atomic mass is 9.99. The first-order chi connectivity index (χ1) is 11.4. The van der Waals surface area contributed by atoms with Crippen LogP contribution in [0.4, 0.5) is 17.3 Å². The van der Waals surface area contributed by atoms with Gasteiger partial charge in [-0.1, -0.05) is 31.0 Å². The van der Waals surface area contributed by atoms with Crippen LogP contribution in [0.15, 0.2) is 30.3 Å². The molecule has 2 saturated carbocycles. The van der Waals surface area contributed by atoms with Gasteiger partial charge in [-0.05, 0) is 63.5 Å². The van der Waals surface area contributed by atoms with Gasteiger partial charge >= 0.3 is 7.25 Å². The molecular formula is C18H28BF4P. The summed E-state index contributed by atoms with van der Waals surface area (Å²) in [6, 6.07) is 11.6. The van der Waals surface area contributed by atoms with Crippen LogP contribution in [0.1, 0.15) is 64.2 Å². The number of benzene rings is 1. The van der Waals surface area contributed by atoms with E-state index in [0.29, 0.717) is 0 Å². The number of hydrogen-bond acceptors (Lipinski definition) is 0. The minimum atomic E-state index is -6.00. The van der Waals surface area contributed by atoms with Crippen LogP contribution in [0.2, 0.25) is 0 Å². The quantitative estimate of drug-likeness (QED) is 0.327. The van der Waals surface area contributed by atoms with Crippen LogP contribution in [0.3, 0.4) is 0 Å². The van der Waals surface area contributed by atoms with Gasteiger partial charge in [0.1, 0.15) is 0 Å². The minimum absolute atomic E-state index is 0.323. The highest BCUT2D eigenvalue weighted by molar-refractivity contribution is 7.67. The van der Waals surface area contributed by atoms with E-state index < -0.39 is 7.25 Å². The van der Waals surface area contributed by atoms with Gasteiger partial charge in [0.25, 0.3) is 0 Å². The third-order valence-electron chi connectivity index (χ3n) is 5.20. The van der Waals surface area contributed by atoms with Crippen LogP contribution in [0.5, 0.6) is 0 Å². The molecule has 3 rings (SSSR count). The lowest BCUT2D eigenvalue weighted by Gasteiger charge is -2.32. The largest absolute Gasteiger partial charge is 0.673 e. The van der Waals surface area contributed by atoms with Crippen molar-refractivity contribution < 1.29 is 17.3 Å². The molecule has 6 heteroatoms. The molecule has 24 heavy (non-hydrogen) atoms. The second-order valence-electron chi connectivity index (χ2n) is 6.99. The average molecular weight is 362 g/mol. The van der Waals surface area contributed by atoms with Gasteiger partial charge in [0, 0.05) is 7.92 Å². The molecule has 136 valence electrons. The van der Waals surface area contributed by atoms with Gasteiger partial charge in [-0.15, -0.1) is 0 Å². The summed E-state index contributed by atoms with van der Waals surface area (Å²) in [5.74, 6) is 0. The summed E-state index contributed by atoms with van der Waals surface area (Å²) in [7, 11) is -6.32.